The number of hydrogen-bond donors (Lipinski definition) is 0. The van der Waals surface area contributed by atoms with Crippen molar-refractivity contribution in [3.63, 3.8) is 0 Å². The molecule has 1 heterocycles. The summed E-state index contributed by atoms with van der Waals surface area (Å²) >= 11 is 0. The highest BCUT2D eigenvalue weighted by molar-refractivity contribution is 5.36. The molecule has 1 aromatic carbocycles. The molecule has 1 aliphatic heterocycles. The number of methoxy groups -OCH3 is 1. The van der Waals surface area contributed by atoms with E-state index in [0.29, 0.717) is 30.9 Å². The standard InChI is InChI=1S/C12H12FNO2/c1-15-11-3-2-10(13)4-9(11)5-12(6-14)7-16-8-12/h2-4H,5,7-8H2,1H3. The van der Waals surface area contributed by atoms with E-state index in [1.54, 1.807) is 6.07 Å². The average Bonchev–Trinajstić information content (AvgIpc) is 2.24. The van der Waals surface area contributed by atoms with Gasteiger partial charge in [-0.3, -0.25) is 0 Å². The van der Waals surface area contributed by atoms with E-state index in [2.05, 4.69) is 6.07 Å². The van der Waals surface area contributed by atoms with Gasteiger partial charge in [-0.25, -0.2) is 4.39 Å². The first-order valence-electron chi connectivity index (χ1n) is 5.00. The second-order valence-corrected chi connectivity index (χ2v) is 4.02. The summed E-state index contributed by atoms with van der Waals surface area (Å²) in [7, 11) is 1.53. The molecule has 0 bridgehead atoms. The monoisotopic (exact) mass is 221 g/mol. The van der Waals surface area contributed by atoms with Crippen molar-refractivity contribution in [2.75, 3.05) is 20.3 Å². The third-order valence-electron chi connectivity index (χ3n) is 2.77. The number of rotatable bonds is 3. The summed E-state index contributed by atoms with van der Waals surface area (Å²) < 4.78 is 23.3. The van der Waals surface area contributed by atoms with Gasteiger partial charge in [0, 0.05) is 0 Å². The number of nitrogens with zero attached hydrogens (tertiary/aromatic N) is 1. The van der Waals surface area contributed by atoms with Gasteiger partial charge < -0.3 is 9.47 Å². The third kappa shape index (κ3) is 1.86. The topological polar surface area (TPSA) is 42.2 Å². The van der Waals surface area contributed by atoms with Gasteiger partial charge in [-0.2, -0.15) is 5.26 Å². The first kappa shape index (κ1) is 10.9. The third-order valence-corrected chi connectivity index (χ3v) is 2.77. The molecule has 0 radical (unpaired) electrons. The molecule has 0 saturated carbocycles. The Kier molecular flexibility index (Phi) is 2.80. The van der Waals surface area contributed by atoms with E-state index in [1.807, 2.05) is 0 Å². The van der Waals surface area contributed by atoms with Crippen LogP contribution in [0.3, 0.4) is 0 Å². The van der Waals surface area contributed by atoms with Crippen LogP contribution in [-0.2, 0) is 11.2 Å². The van der Waals surface area contributed by atoms with Gasteiger partial charge in [0.15, 0.2) is 0 Å². The number of ether oxygens (including phenoxy) is 2. The summed E-state index contributed by atoms with van der Waals surface area (Å²) in [5.41, 5.74) is 0.202. The van der Waals surface area contributed by atoms with Crippen molar-refractivity contribution >= 4 is 0 Å². The minimum atomic E-state index is -0.513. The Labute approximate surface area is 93.4 Å². The van der Waals surface area contributed by atoms with Crippen LogP contribution in [0, 0.1) is 22.6 Å². The molecular weight excluding hydrogens is 209 g/mol. The normalized spacial score (nSPS) is 17.3. The Balaban J connectivity index is 2.26. The molecule has 1 fully saturated rings. The van der Waals surface area contributed by atoms with Crippen molar-refractivity contribution < 1.29 is 13.9 Å². The molecule has 0 unspecified atom stereocenters. The molecule has 0 spiro atoms. The predicted octanol–water partition coefficient (Wildman–Crippen LogP) is 1.92. The zero-order chi connectivity index (χ0) is 11.6. The highest BCUT2D eigenvalue weighted by atomic mass is 19.1. The molecule has 4 heteroatoms. The predicted molar refractivity (Wildman–Crippen MR) is 55.5 cm³/mol. The molecule has 0 aromatic heterocycles. The molecule has 3 nitrogen and oxygen atoms in total. The quantitative estimate of drug-likeness (QED) is 0.783. The molecule has 16 heavy (non-hydrogen) atoms. The van der Waals surface area contributed by atoms with Gasteiger partial charge in [0.25, 0.3) is 0 Å². The van der Waals surface area contributed by atoms with E-state index >= 15 is 0 Å². The highest BCUT2D eigenvalue weighted by Gasteiger charge is 2.39. The largest absolute Gasteiger partial charge is 0.496 e. The zero-order valence-electron chi connectivity index (χ0n) is 9.00. The zero-order valence-corrected chi connectivity index (χ0v) is 9.00. The van der Waals surface area contributed by atoms with Crippen LogP contribution in [0.4, 0.5) is 4.39 Å². The molecule has 84 valence electrons. The van der Waals surface area contributed by atoms with Crippen molar-refractivity contribution in [1.29, 1.82) is 5.26 Å². The van der Waals surface area contributed by atoms with Crippen LogP contribution >= 0.6 is 0 Å². The summed E-state index contributed by atoms with van der Waals surface area (Å²) in [6.07, 6.45) is 0.463. The smallest absolute Gasteiger partial charge is 0.123 e. The number of benzene rings is 1. The Morgan fingerprint density at radius 2 is 2.31 bits per heavy atom. The Hall–Kier alpha value is -1.60. The second kappa shape index (κ2) is 4.11. The van der Waals surface area contributed by atoms with Crippen molar-refractivity contribution in [3.05, 3.63) is 29.6 Å². The molecule has 1 aliphatic rings. The SMILES string of the molecule is COc1ccc(F)cc1CC1(C#N)COC1. The highest BCUT2D eigenvalue weighted by Crippen LogP contribution is 2.34. The van der Waals surface area contributed by atoms with Gasteiger partial charge in [0.2, 0.25) is 0 Å². The minimum absolute atomic E-state index is 0.316. The maximum atomic E-state index is 13.1. The lowest BCUT2D eigenvalue weighted by Crippen LogP contribution is -2.43. The Morgan fingerprint density at radius 3 is 2.81 bits per heavy atom. The van der Waals surface area contributed by atoms with Crippen molar-refractivity contribution in [1.82, 2.24) is 0 Å². The van der Waals surface area contributed by atoms with Crippen LogP contribution in [-0.4, -0.2) is 20.3 Å². The lowest BCUT2D eigenvalue weighted by molar-refractivity contribution is -0.0767. The average molecular weight is 221 g/mol. The number of hydrogen-bond acceptors (Lipinski definition) is 3. The van der Waals surface area contributed by atoms with Gasteiger partial charge in [-0.1, -0.05) is 0 Å². The minimum Gasteiger partial charge on any atom is -0.496 e. The summed E-state index contributed by atoms with van der Waals surface area (Å²) in [4.78, 5) is 0. The van der Waals surface area contributed by atoms with Crippen LogP contribution in [0.25, 0.3) is 0 Å². The fourth-order valence-corrected chi connectivity index (χ4v) is 1.80. The Bertz CT molecular complexity index is 435. The Morgan fingerprint density at radius 1 is 1.56 bits per heavy atom. The molecule has 1 saturated heterocycles. The van der Waals surface area contributed by atoms with Crippen molar-refractivity contribution in [3.8, 4) is 11.8 Å². The molecule has 2 rings (SSSR count). The van der Waals surface area contributed by atoms with Crippen LogP contribution in [0.1, 0.15) is 5.56 Å². The first-order chi connectivity index (χ1) is 7.69. The summed E-state index contributed by atoms with van der Waals surface area (Å²) in [6, 6.07) is 6.57. The van der Waals surface area contributed by atoms with Crippen molar-refractivity contribution in [2.24, 2.45) is 5.41 Å². The summed E-state index contributed by atoms with van der Waals surface area (Å²) in [6.45, 7) is 0.812. The fraction of sp³-hybridized carbons (Fsp3) is 0.417. The van der Waals surface area contributed by atoms with Crippen LogP contribution in [0.2, 0.25) is 0 Å². The van der Waals surface area contributed by atoms with Crippen molar-refractivity contribution in [2.45, 2.75) is 6.42 Å². The van der Waals surface area contributed by atoms with Gasteiger partial charge in [0.1, 0.15) is 17.0 Å². The second-order valence-electron chi connectivity index (χ2n) is 4.02. The maximum Gasteiger partial charge on any atom is 0.123 e. The fourth-order valence-electron chi connectivity index (χ4n) is 1.80. The maximum absolute atomic E-state index is 13.1. The van der Waals surface area contributed by atoms with E-state index in [1.165, 1.54) is 19.2 Å². The number of nitriles is 1. The van der Waals surface area contributed by atoms with E-state index < -0.39 is 5.41 Å². The summed E-state index contributed by atoms with van der Waals surface area (Å²) in [5, 5.41) is 9.07. The van der Waals surface area contributed by atoms with Gasteiger partial charge in [0.05, 0.1) is 26.4 Å². The first-order valence-corrected chi connectivity index (χ1v) is 5.00. The van der Waals surface area contributed by atoms with Gasteiger partial charge in [-0.05, 0) is 30.2 Å². The molecule has 0 aliphatic carbocycles. The van der Waals surface area contributed by atoms with E-state index in [-0.39, 0.29) is 5.82 Å². The van der Waals surface area contributed by atoms with Crippen LogP contribution < -0.4 is 4.74 Å². The lowest BCUT2D eigenvalue weighted by atomic mass is 9.81. The lowest BCUT2D eigenvalue weighted by Gasteiger charge is -2.35. The molecule has 0 amide bonds. The van der Waals surface area contributed by atoms with Gasteiger partial charge >= 0.3 is 0 Å². The van der Waals surface area contributed by atoms with Crippen LogP contribution in [0.15, 0.2) is 18.2 Å². The molecular formula is C12H12FNO2. The van der Waals surface area contributed by atoms with Crippen LogP contribution in [0.5, 0.6) is 5.75 Å². The van der Waals surface area contributed by atoms with E-state index in [0.717, 1.165) is 0 Å². The molecule has 0 N–H and O–H groups in total. The van der Waals surface area contributed by atoms with Gasteiger partial charge in [-0.15, -0.1) is 0 Å². The molecule has 1 aromatic rings. The van der Waals surface area contributed by atoms with E-state index in [4.69, 9.17) is 14.7 Å². The molecule has 0 atom stereocenters. The van der Waals surface area contributed by atoms with E-state index in [9.17, 15) is 4.39 Å². The number of halogens is 1. The summed E-state index contributed by atoms with van der Waals surface area (Å²) in [5.74, 6) is 0.298.